The summed E-state index contributed by atoms with van der Waals surface area (Å²) < 4.78 is 2.95. The second-order valence-corrected chi connectivity index (χ2v) is 5.23. The maximum Gasteiger partial charge on any atom is 0.132 e. The molecule has 17 heavy (non-hydrogen) atoms. The summed E-state index contributed by atoms with van der Waals surface area (Å²) in [6.07, 6.45) is 0. The topological polar surface area (TPSA) is 29.9 Å². The summed E-state index contributed by atoms with van der Waals surface area (Å²) in [6, 6.07) is 7.88. The maximum atomic E-state index is 6.16. The molecule has 1 aromatic heterocycles. The second-order valence-electron chi connectivity index (χ2n) is 4.07. The summed E-state index contributed by atoms with van der Waals surface area (Å²) in [4.78, 5) is 0. The smallest absolute Gasteiger partial charge is 0.132 e. The number of rotatable bonds is 2. The third kappa shape index (κ3) is 2.01. The van der Waals surface area contributed by atoms with Crippen LogP contribution in [0.4, 0.5) is 0 Å². The van der Waals surface area contributed by atoms with Crippen molar-refractivity contribution in [1.82, 2.24) is 15.1 Å². The molecule has 1 aliphatic rings. The van der Waals surface area contributed by atoms with E-state index in [1.54, 1.807) is 0 Å². The summed E-state index contributed by atoms with van der Waals surface area (Å²) in [6.45, 7) is 2.48. The van der Waals surface area contributed by atoms with E-state index in [-0.39, 0.29) is 0 Å². The molecule has 3 rings (SSSR count). The fraction of sp³-hybridized carbons (Fsp3) is 0.250. The van der Waals surface area contributed by atoms with Gasteiger partial charge in [0.25, 0.3) is 0 Å². The SMILES string of the molecule is Clc1ccccc1Cn1nc(Br)c2c1CNC2. The van der Waals surface area contributed by atoms with E-state index >= 15 is 0 Å². The first-order valence-corrected chi connectivity index (χ1v) is 6.61. The summed E-state index contributed by atoms with van der Waals surface area (Å²) in [5.41, 5.74) is 3.60. The van der Waals surface area contributed by atoms with Gasteiger partial charge in [0.1, 0.15) is 4.60 Å². The second kappa shape index (κ2) is 4.44. The van der Waals surface area contributed by atoms with Crippen LogP contribution >= 0.6 is 27.5 Å². The Bertz CT molecular complexity index is 565. The van der Waals surface area contributed by atoms with Crippen molar-refractivity contribution < 1.29 is 0 Å². The Morgan fingerprint density at radius 3 is 3.00 bits per heavy atom. The molecule has 1 aliphatic heterocycles. The molecular formula is C12H11BrClN3. The molecule has 0 aliphatic carbocycles. The summed E-state index contributed by atoms with van der Waals surface area (Å²) in [5.74, 6) is 0. The first-order valence-electron chi connectivity index (χ1n) is 5.44. The predicted octanol–water partition coefficient (Wildman–Crippen LogP) is 2.95. The molecule has 0 bridgehead atoms. The molecule has 0 spiro atoms. The van der Waals surface area contributed by atoms with Crippen LogP contribution in [-0.4, -0.2) is 9.78 Å². The minimum absolute atomic E-state index is 0.718. The van der Waals surface area contributed by atoms with Gasteiger partial charge in [-0.25, -0.2) is 0 Å². The highest BCUT2D eigenvalue weighted by Gasteiger charge is 2.20. The molecule has 0 saturated heterocycles. The number of nitrogens with one attached hydrogen (secondary N) is 1. The average Bonchev–Trinajstić information content (AvgIpc) is 2.88. The van der Waals surface area contributed by atoms with Gasteiger partial charge in [0.2, 0.25) is 0 Å². The zero-order valence-corrected chi connectivity index (χ0v) is 11.4. The average molecular weight is 313 g/mol. The molecule has 0 amide bonds. The van der Waals surface area contributed by atoms with Crippen LogP contribution in [0.2, 0.25) is 5.02 Å². The molecule has 0 unspecified atom stereocenters. The van der Waals surface area contributed by atoms with Crippen LogP contribution in [0, 0.1) is 0 Å². The van der Waals surface area contributed by atoms with Gasteiger partial charge < -0.3 is 5.32 Å². The van der Waals surface area contributed by atoms with Crippen LogP contribution < -0.4 is 5.32 Å². The fourth-order valence-corrected chi connectivity index (χ4v) is 2.86. The minimum Gasteiger partial charge on any atom is -0.307 e. The fourth-order valence-electron chi connectivity index (χ4n) is 2.10. The first-order chi connectivity index (χ1) is 8.25. The van der Waals surface area contributed by atoms with Crippen LogP contribution in [0.25, 0.3) is 0 Å². The lowest BCUT2D eigenvalue weighted by Crippen LogP contribution is -2.10. The Labute approximate surface area is 113 Å². The molecule has 88 valence electrons. The molecule has 5 heteroatoms. The van der Waals surface area contributed by atoms with Gasteiger partial charge >= 0.3 is 0 Å². The molecule has 1 aromatic carbocycles. The third-order valence-corrected chi connectivity index (χ3v) is 4.00. The number of benzene rings is 1. The summed E-state index contributed by atoms with van der Waals surface area (Å²) in [5, 5.41) is 8.62. The molecule has 1 N–H and O–H groups in total. The lowest BCUT2D eigenvalue weighted by Gasteiger charge is -2.07. The van der Waals surface area contributed by atoms with E-state index in [9.17, 15) is 0 Å². The predicted molar refractivity (Wildman–Crippen MR) is 71.0 cm³/mol. The Hall–Kier alpha value is -0.840. The van der Waals surface area contributed by atoms with Crippen LogP contribution in [-0.2, 0) is 19.6 Å². The highest BCUT2D eigenvalue weighted by Crippen LogP contribution is 2.25. The van der Waals surface area contributed by atoms with E-state index in [1.165, 1.54) is 11.3 Å². The molecule has 2 heterocycles. The molecular weight excluding hydrogens is 302 g/mol. The van der Waals surface area contributed by atoms with Crippen molar-refractivity contribution in [2.75, 3.05) is 0 Å². The summed E-state index contributed by atoms with van der Waals surface area (Å²) in [7, 11) is 0. The summed E-state index contributed by atoms with van der Waals surface area (Å²) >= 11 is 9.66. The van der Waals surface area contributed by atoms with E-state index < -0.39 is 0 Å². The quantitative estimate of drug-likeness (QED) is 0.924. The van der Waals surface area contributed by atoms with Gasteiger partial charge in [-0.1, -0.05) is 29.8 Å². The minimum atomic E-state index is 0.718. The van der Waals surface area contributed by atoms with E-state index in [0.29, 0.717) is 0 Å². The largest absolute Gasteiger partial charge is 0.307 e. The van der Waals surface area contributed by atoms with Crippen molar-refractivity contribution in [3.63, 3.8) is 0 Å². The Kier molecular flexibility index (Phi) is 2.94. The van der Waals surface area contributed by atoms with Crippen molar-refractivity contribution in [2.45, 2.75) is 19.6 Å². The highest BCUT2D eigenvalue weighted by atomic mass is 79.9. The number of halogens is 2. The third-order valence-electron chi connectivity index (χ3n) is 2.99. The van der Waals surface area contributed by atoms with E-state index in [1.807, 2.05) is 28.9 Å². The van der Waals surface area contributed by atoms with E-state index in [0.717, 1.165) is 34.8 Å². The highest BCUT2D eigenvalue weighted by molar-refractivity contribution is 9.10. The molecule has 0 atom stereocenters. The van der Waals surface area contributed by atoms with Crippen molar-refractivity contribution in [3.05, 3.63) is 50.7 Å². The van der Waals surface area contributed by atoms with Gasteiger partial charge in [-0.3, -0.25) is 4.68 Å². The number of hydrogen-bond donors (Lipinski definition) is 1. The standard InChI is InChI=1S/C12H11BrClN3/c13-12-9-5-15-6-11(9)17(16-12)7-8-3-1-2-4-10(8)14/h1-4,15H,5-7H2. The zero-order chi connectivity index (χ0) is 11.8. The van der Waals surface area contributed by atoms with Crippen molar-refractivity contribution >= 4 is 27.5 Å². The van der Waals surface area contributed by atoms with Gasteiger partial charge in [-0.05, 0) is 27.6 Å². The monoisotopic (exact) mass is 311 g/mol. The van der Waals surface area contributed by atoms with Gasteiger partial charge in [0.05, 0.1) is 12.2 Å². The number of aromatic nitrogens is 2. The maximum absolute atomic E-state index is 6.16. The Balaban J connectivity index is 1.97. The molecule has 3 nitrogen and oxygen atoms in total. The Morgan fingerprint density at radius 2 is 2.18 bits per heavy atom. The molecule has 2 aromatic rings. The van der Waals surface area contributed by atoms with Crippen molar-refractivity contribution in [3.8, 4) is 0 Å². The zero-order valence-electron chi connectivity index (χ0n) is 9.08. The van der Waals surface area contributed by atoms with Crippen molar-refractivity contribution in [2.24, 2.45) is 0 Å². The van der Waals surface area contributed by atoms with Crippen LogP contribution in [0.1, 0.15) is 16.8 Å². The van der Waals surface area contributed by atoms with E-state index in [2.05, 4.69) is 26.3 Å². The van der Waals surface area contributed by atoms with Gasteiger partial charge in [-0.15, -0.1) is 0 Å². The van der Waals surface area contributed by atoms with Crippen LogP contribution in [0.3, 0.4) is 0 Å². The molecule has 0 saturated carbocycles. The van der Waals surface area contributed by atoms with Gasteiger partial charge in [0.15, 0.2) is 0 Å². The number of hydrogen-bond acceptors (Lipinski definition) is 2. The van der Waals surface area contributed by atoms with Crippen LogP contribution in [0.15, 0.2) is 28.9 Å². The Morgan fingerprint density at radius 1 is 1.35 bits per heavy atom. The first kappa shape index (κ1) is 11.3. The van der Waals surface area contributed by atoms with Gasteiger partial charge in [0, 0.05) is 23.7 Å². The van der Waals surface area contributed by atoms with Crippen LogP contribution in [0.5, 0.6) is 0 Å². The molecule has 0 radical (unpaired) electrons. The van der Waals surface area contributed by atoms with E-state index in [4.69, 9.17) is 11.6 Å². The lowest BCUT2D eigenvalue weighted by atomic mass is 10.2. The number of nitrogens with zero attached hydrogens (tertiary/aromatic N) is 2. The lowest BCUT2D eigenvalue weighted by molar-refractivity contribution is 0.620. The van der Waals surface area contributed by atoms with Crippen molar-refractivity contribution in [1.29, 1.82) is 0 Å². The van der Waals surface area contributed by atoms with Gasteiger partial charge in [-0.2, -0.15) is 5.10 Å². The number of fused-ring (bicyclic) bond motifs is 1. The molecule has 0 fully saturated rings. The normalized spacial score (nSPS) is 14.0.